The molecule has 0 spiro atoms. The summed E-state index contributed by atoms with van der Waals surface area (Å²) < 4.78 is 0. The fourth-order valence-corrected chi connectivity index (χ4v) is 3.77. The van der Waals surface area contributed by atoms with Crippen LogP contribution in [-0.4, -0.2) is 13.1 Å². The van der Waals surface area contributed by atoms with Crippen LogP contribution in [0.5, 0.6) is 0 Å². The van der Waals surface area contributed by atoms with Crippen LogP contribution in [0, 0.1) is 13.8 Å². The minimum absolute atomic E-state index is 0.00346. The number of nitrogens with two attached hydrogens (primary N) is 2. The predicted molar refractivity (Wildman–Crippen MR) is 108 cm³/mol. The molecule has 3 heteroatoms. The first-order chi connectivity index (χ1) is 12.0. The van der Waals surface area contributed by atoms with Gasteiger partial charge in [-0.2, -0.15) is 0 Å². The molecule has 0 aliphatic heterocycles. The van der Waals surface area contributed by atoms with E-state index in [0.29, 0.717) is 0 Å². The lowest BCUT2D eigenvalue weighted by Crippen LogP contribution is -2.34. The van der Waals surface area contributed by atoms with Gasteiger partial charge in [0.2, 0.25) is 0 Å². The van der Waals surface area contributed by atoms with E-state index in [2.05, 4.69) is 69.4 Å². The summed E-state index contributed by atoms with van der Waals surface area (Å²) in [6.07, 6.45) is 2.03. The number of aryl methyl sites for hydroxylation is 4. The Morgan fingerprint density at radius 1 is 0.760 bits per heavy atom. The first-order valence-corrected chi connectivity index (χ1v) is 9.38. The third-order valence-electron chi connectivity index (χ3n) is 5.06. The van der Waals surface area contributed by atoms with E-state index in [1.54, 1.807) is 0 Å². The van der Waals surface area contributed by atoms with Crippen LogP contribution in [0.3, 0.4) is 0 Å². The van der Waals surface area contributed by atoms with Crippen LogP contribution < -0.4 is 16.8 Å². The summed E-state index contributed by atoms with van der Waals surface area (Å²) in [5, 5.41) is 3.49. The van der Waals surface area contributed by atoms with Crippen molar-refractivity contribution >= 4 is 0 Å². The Balaban J connectivity index is 2.03. The summed E-state index contributed by atoms with van der Waals surface area (Å²) >= 11 is 0. The number of rotatable bonds is 8. The van der Waals surface area contributed by atoms with Gasteiger partial charge in [0.1, 0.15) is 0 Å². The highest BCUT2D eigenvalue weighted by atomic mass is 14.9. The zero-order valence-corrected chi connectivity index (χ0v) is 16.1. The second-order valence-corrected chi connectivity index (χ2v) is 6.87. The predicted octanol–water partition coefficient (Wildman–Crippen LogP) is 3.72. The van der Waals surface area contributed by atoms with Crippen molar-refractivity contribution in [3.63, 3.8) is 0 Å². The molecule has 0 bridgehead atoms. The Kier molecular flexibility index (Phi) is 7.18. The standard InChI is InChI=1S/C22H33N3/c1-5-17-11-8-12-18(6-2)22(17)20(24)14-25-13-19(23)21-15(3)9-7-10-16(21)4/h7-12,19-20,25H,5-6,13-14,23-24H2,1-4H3. The monoisotopic (exact) mass is 339 g/mol. The summed E-state index contributed by atoms with van der Waals surface area (Å²) in [7, 11) is 0. The Bertz CT molecular complexity index is 651. The molecule has 2 atom stereocenters. The van der Waals surface area contributed by atoms with Crippen molar-refractivity contribution in [2.24, 2.45) is 11.5 Å². The highest BCUT2D eigenvalue weighted by molar-refractivity contribution is 5.38. The molecule has 0 amide bonds. The summed E-state index contributed by atoms with van der Waals surface area (Å²) in [6.45, 7) is 10.1. The normalized spacial score (nSPS) is 13.7. The lowest BCUT2D eigenvalue weighted by Gasteiger charge is -2.22. The first kappa shape index (κ1) is 19.6. The Morgan fingerprint density at radius 3 is 1.68 bits per heavy atom. The lowest BCUT2D eigenvalue weighted by molar-refractivity contribution is 0.547. The molecule has 5 N–H and O–H groups in total. The molecule has 3 nitrogen and oxygen atoms in total. The Labute approximate surface area is 152 Å². The van der Waals surface area contributed by atoms with Crippen LogP contribution in [0.25, 0.3) is 0 Å². The molecule has 2 aromatic carbocycles. The van der Waals surface area contributed by atoms with Crippen LogP contribution >= 0.6 is 0 Å². The number of benzene rings is 2. The fourth-order valence-electron chi connectivity index (χ4n) is 3.77. The van der Waals surface area contributed by atoms with E-state index in [0.717, 1.165) is 25.9 Å². The number of hydrogen-bond donors (Lipinski definition) is 3. The van der Waals surface area contributed by atoms with Gasteiger partial charge in [0.25, 0.3) is 0 Å². The zero-order valence-electron chi connectivity index (χ0n) is 16.1. The molecule has 0 aliphatic rings. The maximum Gasteiger partial charge on any atom is 0.0427 e. The third kappa shape index (κ3) is 4.69. The van der Waals surface area contributed by atoms with Crippen molar-refractivity contribution in [2.75, 3.05) is 13.1 Å². The van der Waals surface area contributed by atoms with Crippen molar-refractivity contribution < 1.29 is 0 Å². The summed E-state index contributed by atoms with van der Waals surface area (Å²) in [4.78, 5) is 0. The third-order valence-corrected chi connectivity index (χ3v) is 5.06. The van der Waals surface area contributed by atoms with Gasteiger partial charge < -0.3 is 16.8 Å². The van der Waals surface area contributed by atoms with Gasteiger partial charge in [-0.15, -0.1) is 0 Å². The number of hydrogen-bond acceptors (Lipinski definition) is 3. The van der Waals surface area contributed by atoms with Gasteiger partial charge in [-0.05, 0) is 60.1 Å². The highest BCUT2D eigenvalue weighted by Crippen LogP contribution is 2.23. The molecule has 25 heavy (non-hydrogen) atoms. The average Bonchev–Trinajstić information content (AvgIpc) is 2.60. The van der Waals surface area contributed by atoms with E-state index in [9.17, 15) is 0 Å². The molecule has 0 heterocycles. The molecular formula is C22H33N3. The smallest absolute Gasteiger partial charge is 0.0427 e. The van der Waals surface area contributed by atoms with Gasteiger partial charge in [-0.25, -0.2) is 0 Å². The largest absolute Gasteiger partial charge is 0.323 e. The second-order valence-electron chi connectivity index (χ2n) is 6.87. The van der Waals surface area contributed by atoms with E-state index >= 15 is 0 Å². The van der Waals surface area contributed by atoms with E-state index in [1.807, 2.05) is 0 Å². The molecule has 0 saturated heterocycles. The van der Waals surface area contributed by atoms with Crippen molar-refractivity contribution in [3.05, 3.63) is 69.8 Å². The maximum atomic E-state index is 6.53. The van der Waals surface area contributed by atoms with Crippen molar-refractivity contribution in [3.8, 4) is 0 Å². The van der Waals surface area contributed by atoms with Crippen molar-refractivity contribution in [1.82, 2.24) is 5.32 Å². The summed E-state index contributed by atoms with van der Waals surface area (Å²) in [5.41, 5.74) is 20.7. The maximum absolute atomic E-state index is 6.53. The Hall–Kier alpha value is -1.68. The quantitative estimate of drug-likeness (QED) is 0.687. The summed E-state index contributed by atoms with van der Waals surface area (Å²) in [6, 6.07) is 12.8. The molecular weight excluding hydrogens is 306 g/mol. The van der Waals surface area contributed by atoms with Crippen molar-refractivity contribution in [1.29, 1.82) is 0 Å². The molecule has 0 aliphatic carbocycles. The van der Waals surface area contributed by atoms with Crippen molar-refractivity contribution in [2.45, 2.75) is 52.6 Å². The van der Waals surface area contributed by atoms with Gasteiger partial charge in [-0.3, -0.25) is 0 Å². The van der Waals surface area contributed by atoms with E-state index < -0.39 is 0 Å². The van der Waals surface area contributed by atoms with Gasteiger partial charge in [0.15, 0.2) is 0 Å². The van der Waals surface area contributed by atoms with Crippen LogP contribution in [0.4, 0.5) is 0 Å². The first-order valence-electron chi connectivity index (χ1n) is 9.38. The average molecular weight is 340 g/mol. The van der Waals surface area contributed by atoms with Crippen LogP contribution in [-0.2, 0) is 12.8 Å². The molecule has 136 valence electrons. The molecule has 2 rings (SSSR count). The van der Waals surface area contributed by atoms with Crippen LogP contribution in [0.1, 0.15) is 59.3 Å². The van der Waals surface area contributed by atoms with Crippen LogP contribution in [0.2, 0.25) is 0 Å². The lowest BCUT2D eigenvalue weighted by atomic mass is 9.92. The van der Waals surface area contributed by atoms with Crippen LogP contribution in [0.15, 0.2) is 36.4 Å². The molecule has 0 saturated carbocycles. The minimum Gasteiger partial charge on any atom is -0.323 e. The Morgan fingerprint density at radius 2 is 1.20 bits per heavy atom. The van der Waals surface area contributed by atoms with Gasteiger partial charge in [0, 0.05) is 25.2 Å². The topological polar surface area (TPSA) is 64.1 Å². The highest BCUT2D eigenvalue weighted by Gasteiger charge is 2.16. The molecule has 2 unspecified atom stereocenters. The second kappa shape index (κ2) is 9.14. The SMILES string of the molecule is CCc1cccc(CC)c1C(N)CNCC(N)c1c(C)cccc1C. The number of nitrogens with one attached hydrogen (secondary N) is 1. The van der Waals surface area contributed by atoms with E-state index in [-0.39, 0.29) is 12.1 Å². The van der Waals surface area contributed by atoms with Gasteiger partial charge >= 0.3 is 0 Å². The van der Waals surface area contributed by atoms with E-state index in [1.165, 1.54) is 33.4 Å². The summed E-state index contributed by atoms with van der Waals surface area (Å²) in [5.74, 6) is 0. The molecule has 2 aromatic rings. The molecule has 0 fully saturated rings. The zero-order chi connectivity index (χ0) is 18.4. The fraction of sp³-hybridized carbons (Fsp3) is 0.455. The van der Waals surface area contributed by atoms with E-state index in [4.69, 9.17) is 11.5 Å². The minimum atomic E-state index is -0.0135. The van der Waals surface area contributed by atoms with Gasteiger partial charge in [-0.1, -0.05) is 50.2 Å². The molecule has 0 radical (unpaired) electrons. The van der Waals surface area contributed by atoms with Gasteiger partial charge in [0.05, 0.1) is 0 Å². The molecule has 0 aromatic heterocycles.